The Morgan fingerprint density at radius 2 is 1.21 bits per heavy atom. The van der Waals surface area contributed by atoms with E-state index in [1.54, 1.807) is 0 Å². The molecule has 0 spiro atoms. The smallest absolute Gasteiger partial charge is 0.193 e. The van der Waals surface area contributed by atoms with Crippen molar-refractivity contribution in [1.82, 2.24) is 0 Å². The van der Waals surface area contributed by atoms with Gasteiger partial charge in [0, 0.05) is 17.0 Å². The molecule has 0 amide bonds. The van der Waals surface area contributed by atoms with Crippen LogP contribution in [0.2, 0.25) is 0 Å². The third kappa shape index (κ3) is 3.19. The maximum Gasteiger partial charge on any atom is 0.193 e. The molecule has 29 heavy (non-hydrogen) atoms. The number of hydrogen-bond acceptors (Lipinski definition) is 1. The largest absolute Gasteiger partial charge is 0.289 e. The Kier molecular flexibility index (Phi) is 4.57. The summed E-state index contributed by atoms with van der Waals surface area (Å²) in [5.74, 6) is 0.605. The van der Waals surface area contributed by atoms with Gasteiger partial charge in [0.25, 0.3) is 0 Å². The number of hydrogen-bond donors (Lipinski definition) is 0. The molecule has 2 unspecified atom stereocenters. The minimum atomic E-state index is 0.0948. The molecule has 2 atom stereocenters. The summed E-state index contributed by atoms with van der Waals surface area (Å²) in [7, 11) is 0. The first-order valence-electron chi connectivity index (χ1n) is 10.1. The highest BCUT2D eigenvalue weighted by Gasteiger charge is 2.36. The van der Waals surface area contributed by atoms with Crippen molar-refractivity contribution in [2.75, 3.05) is 0 Å². The van der Waals surface area contributed by atoms with Crippen LogP contribution in [0.3, 0.4) is 0 Å². The number of fused-ring (bicyclic) bond motifs is 1. The average Bonchev–Trinajstić information content (AvgIpc) is 3.19. The van der Waals surface area contributed by atoms with Crippen LogP contribution in [0.15, 0.2) is 109 Å². The van der Waals surface area contributed by atoms with Crippen molar-refractivity contribution in [1.29, 1.82) is 0 Å². The van der Waals surface area contributed by atoms with Crippen molar-refractivity contribution >= 4 is 5.78 Å². The third-order valence-electron chi connectivity index (χ3n) is 6.04. The zero-order valence-electron chi connectivity index (χ0n) is 16.2. The predicted molar refractivity (Wildman–Crippen MR) is 117 cm³/mol. The molecular weight excluding hydrogens is 352 g/mol. The number of ketones is 1. The summed E-state index contributed by atoms with van der Waals surface area (Å²) in [4.78, 5) is 13.4. The Morgan fingerprint density at radius 3 is 1.97 bits per heavy atom. The minimum Gasteiger partial charge on any atom is -0.289 e. The molecule has 0 fully saturated rings. The second-order valence-electron chi connectivity index (χ2n) is 7.68. The molecular formula is C28H22O. The molecule has 0 radical (unpaired) electrons. The normalized spacial score (nSPS) is 17.7. The van der Waals surface area contributed by atoms with Crippen LogP contribution in [0.4, 0.5) is 0 Å². The number of carbonyl (C=O) groups excluding carboxylic acids is 1. The van der Waals surface area contributed by atoms with Crippen molar-refractivity contribution in [3.8, 4) is 0 Å². The van der Waals surface area contributed by atoms with E-state index in [-0.39, 0.29) is 11.7 Å². The van der Waals surface area contributed by atoms with E-state index in [0.717, 1.165) is 23.1 Å². The van der Waals surface area contributed by atoms with E-state index in [2.05, 4.69) is 66.7 Å². The van der Waals surface area contributed by atoms with Gasteiger partial charge in [-0.05, 0) is 34.6 Å². The lowest BCUT2D eigenvalue weighted by atomic mass is 9.79. The van der Waals surface area contributed by atoms with E-state index in [4.69, 9.17) is 0 Å². The molecule has 140 valence electrons. The van der Waals surface area contributed by atoms with Crippen molar-refractivity contribution in [2.24, 2.45) is 0 Å². The third-order valence-corrected chi connectivity index (χ3v) is 6.04. The predicted octanol–water partition coefficient (Wildman–Crippen LogP) is 6.39. The molecule has 0 saturated carbocycles. The van der Waals surface area contributed by atoms with Crippen LogP contribution in [0.1, 0.15) is 50.0 Å². The Labute approximate surface area is 171 Å². The zero-order valence-corrected chi connectivity index (χ0v) is 16.2. The average molecular weight is 374 g/mol. The molecule has 0 N–H and O–H groups in total. The van der Waals surface area contributed by atoms with Gasteiger partial charge in [-0.1, -0.05) is 109 Å². The summed E-state index contributed by atoms with van der Waals surface area (Å²) < 4.78 is 0. The Hall–Kier alpha value is -3.45. The SMILES string of the molecule is O=C(c1ccccc1)c1ccccc1C1c2ccccc2CC1c1ccccc1. The van der Waals surface area contributed by atoms with Crippen molar-refractivity contribution in [2.45, 2.75) is 18.3 Å². The highest BCUT2D eigenvalue weighted by Crippen LogP contribution is 2.48. The lowest BCUT2D eigenvalue weighted by Crippen LogP contribution is -2.13. The van der Waals surface area contributed by atoms with E-state index in [1.807, 2.05) is 42.5 Å². The quantitative estimate of drug-likeness (QED) is 0.378. The fourth-order valence-corrected chi connectivity index (χ4v) is 4.71. The summed E-state index contributed by atoms with van der Waals surface area (Å²) in [5, 5.41) is 0. The van der Waals surface area contributed by atoms with Crippen LogP contribution in [-0.2, 0) is 6.42 Å². The van der Waals surface area contributed by atoms with Gasteiger partial charge >= 0.3 is 0 Å². The highest BCUT2D eigenvalue weighted by molar-refractivity contribution is 6.10. The second-order valence-corrected chi connectivity index (χ2v) is 7.68. The van der Waals surface area contributed by atoms with Gasteiger partial charge in [-0.15, -0.1) is 0 Å². The van der Waals surface area contributed by atoms with Gasteiger partial charge < -0.3 is 0 Å². The second kappa shape index (κ2) is 7.52. The maximum atomic E-state index is 13.4. The molecule has 0 aromatic heterocycles. The van der Waals surface area contributed by atoms with Crippen LogP contribution < -0.4 is 0 Å². The van der Waals surface area contributed by atoms with E-state index >= 15 is 0 Å². The molecule has 0 bridgehead atoms. The summed E-state index contributed by atoms with van der Waals surface area (Å²) in [6.45, 7) is 0. The van der Waals surface area contributed by atoms with Crippen molar-refractivity contribution in [3.05, 3.63) is 143 Å². The number of rotatable bonds is 4. The van der Waals surface area contributed by atoms with Crippen LogP contribution in [0, 0.1) is 0 Å². The Morgan fingerprint density at radius 1 is 0.621 bits per heavy atom. The topological polar surface area (TPSA) is 17.1 Å². The van der Waals surface area contributed by atoms with Gasteiger partial charge in [0.05, 0.1) is 0 Å². The summed E-state index contributed by atoms with van der Waals surface area (Å²) >= 11 is 0. The lowest BCUT2D eigenvalue weighted by molar-refractivity contribution is 0.103. The molecule has 4 aromatic carbocycles. The molecule has 0 heterocycles. The van der Waals surface area contributed by atoms with Crippen LogP contribution in [0.5, 0.6) is 0 Å². The molecule has 4 aromatic rings. The van der Waals surface area contributed by atoms with Gasteiger partial charge in [0.1, 0.15) is 0 Å². The van der Waals surface area contributed by atoms with Crippen LogP contribution in [0.25, 0.3) is 0 Å². The molecule has 1 heteroatoms. The number of benzene rings is 4. The first-order valence-corrected chi connectivity index (χ1v) is 10.1. The highest BCUT2D eigenvalue weighted by atomic mass is 16.1. The van der Waals surface area contributed by atoms with Crippen LogP contribution >= 0.6 is 0 Å². The molecule has 1 nitrogen and oxygen atoms in total. The summed E-state index contributed by atoms with van der Waals surface area (Å²) in [5.41, 5.74) is 6.72. The van der Waals surface area contributed by atoms with Gasteiger partial charge in [-0.25, -0.2) is 0 Å². The van der Waals surface area contributed by atoms with E-state index < -0.39 is 0 Å². The fourth-order valence-electron chi connectivity index (χ4n) is 4.71. The van der Waals surface area contributed by atoms with E-state index in [9.17, 15) is 4.79 Å². The van der Waals surface area contributed by atoms with Crippen LogP contribution in [-0.4, -0.2) is 5.78 Å². The first kappa shape index (κ1) is 17.6. The van der Waals surface area contributed by atoms with Gasteiger partial charge in [0.15, 0.2) is 5.78 Å². The maximum absolute atomic E-state index is 13.4. The van der Waals surface area contributed by atoms with E-state index in [0.29, 0.717) is 5.92 Å². The standard InChI is InChI=1S/C28H22O/c29-28(21-13-5-2-6-14-21)25-18-10-9-17-24(25)27-23-16-8-7-15-22(23)19-26(27)20-11-3-1-4-12-20/h1-18,26-27H,19H2. The molecule has 5 rings (SSSR count). The Bertz CT molecular complexity index is 1150. The molecule has 0 saturated heterocycles. The first-order chi connectivity index (χ1) is 14.3. The fraction of sp³-hybridized carbons (Fsp3) is 0.107. The minimum absolute atomic E-state index is 0.0948. The van der Waals surface area contributed by atoms with E-state index in [1.165, 1.54) is 16.7 Å². The molecule has 0 aliphatic heterocycles. The number of carbonyl (C=O) groups is 1. The molecule has 1 aliphatic carbocycles. The Balaban J connectivity index is 1.66. The summed E-state index contributed by atoms with van der Waals surface area (Å²) in [6.07, 6.45) is 0.999. The lowest BCUT2D eigenvalue weighted by Gasteiger charge is -2.24. The van der Waals surface area contributed by atoms with Gasteiger partial charge in [0.2, 0.25) is 0 Å². The summed E-state index contributed by atoms with van der Waals surface area (Å²) in [6, 6.07) is 37.1. The zero-order chi connectivity index (χ0) is 19.6. The molecule has 1 aliphatic rings. The van der Waals surface area contributed by atoms with Crippen molar-refractivity contribution in [3.63, 3.8) is 0 Å². The monoisotopic (exact) mass is 374 g/mol. The van der Waals surface area contributed by atoms with Gasteiger partial charge in [-0.2, -0.15) is 0 Å². The van der Waals surface area contributed by atoms with Crippen molar-refractivity contribution < 1.29 is 4.79 Å². The van der Waals surface area contributed by atoms with Gasteiger partial charge in [-0.3, -0.25) is 4.79 Å².